The Morgan fingerprint density at radius 2 is 2.04 bits per heavy atom. The zero-order valence-corrected chi connectivity index (χ0v) is 15.8. The number of fused-ring (bicyclic) bond motifs is 1. The van der Waals surface area contributed by atoms with Gasteiger partial charge in [0.2, 0.25) is 5.91 Å². The second-order valence-electron chi connectivity index (χ2n) is 6.85. The molecule has 1 fully saturated rings. The number of aliphatic hydroxyl groups is 1. The lowest BCUT2D eigenvalue weighted by Gasteiger charge is -2.38. The highest BCUT2D eigenvalue weighted by Gasteiger charge is 2.34. The van der Waals surface area contributed by atoms with E-state index < -0.39 is 18.2 Å². The van der Waals surface area contributed by atoms with Crippen molar-refractivity contribution < 1.29 is 19.1 Å². The van der Waals surface area contributed by atoms with E-state index in [1.807, 2.05) is 0 Å². The lowest BCUT2D eigenvalue weighted by molar-refractivity contribution is -0.137. The number of halogens is 2. The summed E-state index contributed by atoms with van der Waals surface area (Å²) in [5, 5.41) is 13.9. The summed E-state index contributed by atoms with van der Waals surface area (Å²) in [5.74, 6) is -1.18. The number of likely N-dealkylation sites (tertiary alicyclic amines) is 1. The van der Waals surface area contributed by atoms with Crippen LogP contribution in [0.3, 0.4) is 0 Å². The molecule has 2 N–H and O–H groups in total. The van der Waals surface area contributed by atoms with E-state index in [4.69, 9.17) is 11.6 Å². The maximum atomic E-state index is 12.6. The van der Waals surface area contributed by atoms with Gasteiger partial charge in [0.15, 0.2) is 6.67 Å². The molecule has 2 aromatic rings. The first-order chi connectivity index (χ1) is 13.3. The first-order valence-corrected chi connectivity index (χ1v) is 9.17. The number of hydrogen-bond donors (Lipinski definition) is 2. The van der Waals surface area contributed by atoms with Crippen LogP contribution in [0.25, 0.3) is 10.9 Å². The molecular formula is C18H20ClFN4O4. The first-order valence-electron chi connectivity index (χ1n) is 8.79. The average Bonchev–Trinajstić information content (AvgIpc) is 2.68. The summed E-state index contributed by atoms with van der Waals surface area (Å²) in [7, 11) is 0. The molecular weight excluding hydrogens is 391 g/mol. The van der Waals surface area contributed by atoms with Crippen molar-refractivity contribution in [1.29, 1.82) is 0 Å². The zero-order chi connectivity index (χ0) is 20.3. The van der Waals surface area contributed by atoms with Gasteiger partial charge in [-0.25, -0.2) is 9.37 Å². The molecule has 3 rings (SSSR count). The molecule has 10 heteroatoms. The second-order valence-corrected chi connectivity index (χ2v) is 7.29. The molecule has 0 saturated carbocycles. The molecule has 1 aliphatic rings. The fraction of sp³-hybridized carbons (Fsp3) is 0.444. The Bertz CT molecular complexity index is 956. The van der Waals surface area contributed by atoms with Crippen molar-refractivity contribution in [3.8, 4) is 0 Å². The SMILES string of the molecule is O=C(CF)NCC(=O)N1CCC(O)(Cn2cnc3cc(Cl)ccc3c2=O)CC1. The van der Waals surface area contributed by atoms with E-state index >= 15 is 0 Å². The Balaban J connectivity index is 1.65. The van der Waals surface area contributed by atoms with Crippen LogP contribution in [0.15, 0.2) is 29.3 Å². The van der Waals surface area contributed by atoms with Crippen molar-refractivity contribution in [2.75, 3.05) is 26.3 Å². The van der Waals surface area contributed by atoms with Crippen molar-refractivity contribution in [3.05, 3.63) is 39.9 Å². The summed E-state index contributed by atoms with van der Waals surface area (Å²) in [4.78, 5) is 41.3. The molecule has 1 aromatic heterocycles. The number of rotatable bonds is 5. The summed E-state index contributed by atoms with van der Waals surface area (Å²) in [5.41, 5.74) is -0.955. The summed E-state index contributed by atoms with van der Waals surface area (Å²) >= 11 is 5.91. The fourth-order valence-electron chi connectivity index (χ4n) is 3.22. The van der Waals surface area contributed by atoms with Gasteiger partial charge in [-0.3, -0.25) is 19.0 Å². The topological polar surface area (TPSA) is 105 Å². The first kappa shape index (κ1) is 20.2. The Labute approximate surface area is 164 Å². The number of aromatic nitrogens is 2. The van der Waals surface area contributed by atoms with Crippen LogP contribution >= 0.6 is 11.6 Å². The molecule has 8 nitrogen and oxygen atoms in total. The highest BCUT2D eigenvalue weighted by atomic mass is 35.5. The summed E-state index contributed by atoms with van der Waals surface area (Å²) in [6.07, 6.45) is 1.91. The number of nitrogens with zero attached hydrogens (tertiary/aromatic N) is 3. The van der Waals surface area contributed by atoms with Gasteiger partial charge in [-0.1, -0.05) is 11.6 Å². The highest BCUT2D eigenvalue weighted by Crippen LogP contribution is 2.24. The summed E-state index contributed by atoms with van der Waals surface area (Å²) in [6.45, 7) is -0.859. The fourth-order valence-corrected chi connectivity index (χ4v) is 3.39. The van der Waals surface area contributed by atoms with Crippen LogP contribution in [0.4, 0.5) is 4.39 Å². The number of piperidine rings is 1. The quantitative estimate of drug-likeness (QED) is 0.746. The van der Waals surface area contributed by atoms with Crippen LogP contribution in [0.1, 0.15) is 12.8 Å². The predicted octanol–water partition coefficient (Wildman–Crippen LogP) is 0.489. The Hall–Kier alpha value is -2.52. The largest absolute Gasteiger partial charge is 0.388 e. The van der Waals surface area contributed by atoms with Crippen molar-refractivity contribution in [1.82, 2.24) is 19.8 Å². The van der Waals surface area contributed by atoms with Gasteiger partial charge >= 0.3 is 0 Å². The third-order valence-electron chi connectivity index (χ3n) is 4.86. The van der Waals surface area contributed by atoms with Gasteiger partial charge < -0.3 is 15.3 Å². The summed E-state index contributed by atoms with van der Waals surface area (Å²) < 4.78 is 13.5. The molecule has 1 aliphatic heterocycles. The van der Waals surface area contributed by atoms with E-state index in [1.165, 1.54) is 15.8 Å². The molecule has 2 heterocycles. The minimum absolute atomic E-state index is 0.0536. The number of nitrogens with one attached hydrogen (secondary N) is 1. The molecule has 0 aliphatic carbocycles. The van der Waals surface area contributed by atoms with Gasteiger partial charge in [0, 0.05) is 18.1 Å². The molecule has 2 amide bonds. The van der Waals surface area contributed by atoms with Crippen LogP contribution in [0.2, 0.25) is 5.02 Å². The van der Waals surface area contributed by atoms with E-state index in [-0.39, 0.29) is 50.5 Å². The van der Waals surface area contributed by atoms with Gasteiger partial charge in [-0.2, -0.15) is 0 Å². The third kappa shape index (κ3) is 4.48. The van der Waals surface area contributed by atoms with Crippen LogP contribution in [0.5, 0.6) is 0 Å². The zero-order valence-electron chi connectivity index (χ0n) is 15.0. The van der Waals surface area contributed by atoms with Crippen molar-refractivity contribution in [2.45, 2.75) is 25.0 Å². The maximum absolute atomic E-state index is 12.6. The van der Waals surface area contributed by atoms with Gasteiger partial charge in [-0.15, -0.1) is 0 Å². The van der Waals surface area contributed by atoms with Gasteiger partial charge in [0.25, 0.3) is 11.5 Å². The Kier molecular flexibility index (Phi) is 5.95. The molecule has 0 unspecified atom stereocenters. The third-order valence-corrected chi connectivity index (χ3v) is 5.09. The van der Waals surface area contributed by atoms with E-state index in [0.29, 0.717) is 15.9 Å². The van der Waals surface area contributed by atoms with E-state index in [9.17, 15) is 23.9 Å². The Morgan fingerprint density at radius 1 is 1.32 bits per heavy atom. The van der Waals surface area contributed by atoms with Gasteiger partial charge in [0.1, 0.15) is 0 Å². The van der Waals surface area contributed by atoms with Crippen molar-refractivity contribution in [3.63, 3.8) is 0 Å². The molecule has 0 atom stereocenters. The molecule has 0 spiro atoms. The summed E-state index contributed by atoms with van der Waals surface area (Å²) in [6, 6.07) is 4.81. The normalized spacial score (nSPS) is 16.2. The van der Waals surface area contributed by atoms with Crippen LogP contribution in [-0.2, 0) is 16.1 Å². The second kappa shape index (κ2) is 8.24. The molecule has 150 valence electrons. The lowest BCUT2D eigenvalue weighted by Crippen LogP contribution is -2.51. The van der Waals surface area contributed by atoms with E-state index in [1.54, 1.807) is 18.2 Å². The van der Waals surface area contributed by atoms with Crippen molar-refractivity contribution in [2.24, 2.45) is 0 Å². The lowest BCUT2D eigenvalue weighted by atomic mass is 9.91. The number of amides is 2. The molecule has 28 heavy (non-hydrogen) atoms. The minimum Gasteiger partial charge on any atom is -0.388 e. The predicted molar refractivity (Wildman–Crippen MR) is 101 cm³/mol. The minimum atomic E-state index is -1.17. The molecule has 0 bridgehead atoms. The van der Waals surface area contributed by atoms with E-state index in [2.05, 4.69) is 10.3 Å². The highest BCUT2D eigenvalue weighted by molar-refractivity contribution is 6.31. The molecule has 1 saturated heterocycles. The van der Waals surface area contributed by atoms with Crippen LogP contribution in [-0.4, -0.2) is 63.3 Å². The Morgan fingerprint density at radius 3 is 2.71 bits per heavy atom. The smallest absolute Gasteiger partial charge is 0.261 e. The number of carbonyl (C=O) groups is 2. The van der Waals surface area contributed by atoms with Gasteiger partial charge in [0.05, 0.1) is 35.9 Å². The number of benzene rings is 1. The standard InChI is InChI=1S/C18H20ClFN4O4/c19-12-1-2-13-14(7-12)22-11-24(17(13)27)10-18(28)3-5-23(6-4-18)16(26)9-21-15(25)8-20/h1-2,7,11,28H,3-6,8-10H2,(H,21,25). The monoisotopic (exact) mass is 410 g/mol. The van der Waals surface area contributed by atoms with E-state index in [0.717, 1.165) is 0 Å². The number of alkyl halides is 1. The van der Waals surface area contributed by atoms with Gasteiger partial charge in [-0.05, 0) is 31.0 Å². The average molecular weight is 411 g/mol. The number of hydrogen-bond acceptors (Lipinski definition) is 5. The van der Waals surface area contributed by atoms with Crippen LogP contribution in [0, 0.1) is 0 Å². The maximum Gasteiger partial charge on any atom is 0.261 e. The number of carbonyl (C=O) groups excluding carboxylic acids is 2. The van der Waals surface area contributed by atoms with Crippen LogP contribution < -0.4 is 10.9 Å². The molecule has 1 aromatic carbocycles. The van der Waals surface area contributed by atoms with Crippen molar-refractivity contribution >= 4 is 34.3 Å². The molecule has 0 radical (unpaired) electrons.